The number of hydrogen-bond donors (Lipinski definition) is 0. The van der Waals surface area contributed by atoms with Gasteiger partial charge in [-0.15, -0.1) is 0 Å². The van der Waals surface area contributed by atoms with Gasteiger partial charge in [0.25, 0.3) is 0 Å². The van der Waals surface area contributed by atoms with Crippen LogP contribution in [-0.2, 0) is 14.0 Å². The smallest absolute Gasteiger partial charge is 0.417 e. The maximum absolute atomic E-state index is 13.4. The summed E-state index contributed by atoms with van der Waals surface area (Å²) in [7, 11) is -1.94. The zero-order chi connectivity index (χ0) is 20.3. The fourth-order valence-corrected chi connectivity index (χ4v) is 4.52. The molecule has 0 radical (unpaired) electrons. The van der Waals surface area contributed by atoms with Gasteiger partial charge in [0.05, 0.1) is 12.0 Å². The third-order valence-corrected chi connectivity index (χ3v) is 5.71. The molecule has 0 unspecified atom stereocenters. The Morgan fingerprint density at radius 2 is 1.64 bits per heavy atom. The molecule has 3 rings (SSSR count). The van der Waals surface area contributed by atoms with E-state index >= 15 is 0 Å². The molecule has 2 amide bonds. The molecule has 0 aliphatic carbocycles. The van der Waals surface area contributed by atoms with E-state index in [1.807, 2.05) is 67.6 Å². The van der Waals surface area contributed by atoms with Crippen LogP contribution in [0.1, 0.15) is 30.2 Å². The largest absolute Gasteiger partial charge is 0.446 e. The Hall–Kier alpha value is -2.44. The van der Waals surface area contributed by atoms with Crippen molar-refractivity contribution in [2.75, 3.05) is 6.61 Å². The van der Waals surface area contributed by atoms with Gasteiger partial charge in [0, 0.05) is 0 Å². The lowest BCUT2D eigenvalue weighted by Crippen LogP contribution is -2.42. The van der Waals surface area contributed by atoms with Gasteiger partial charge >= 0.3 is 6.09 Å². The Kier molecular flexibility index (Phi) is 6.01. The van der Waals surface area contributed by atoms with Gasteiger partial charge in [0.15, 0.2) is 8.32 Å². The first kappa shape index (κ1) is 20.3. The van der Waals surface area contributed by atoms with Crippen molar-refractivity contribution in [1.29, 1.82) is 0 Å². The summed E-state index contributed by atoms with van der Waals surface area (Å²) in [6, 6.07) is 18.8. The van der Waals surface area contributed by atoms with Crippen LogP contribution in [0.25, 0.3) is 0 Å². The summed E-state index contributed by atoms with van der Waals surface area (Å²) in [4.78, 5) is 27.1. The van der Waals surface area contributed by atoms with E-state index in [1.165, 1.54) is 4.90 Å². The summed E-state index contributed by atoms with van der Waals surface area (Å²) >= 11 is 0. The van der Waals surface area contributed by atoms with Crippen LogP contribution < -0.4 is 0 Å². The van der Waals surface area contributed by atoms with E-state index in [4.69, 9.17) is 9.16 Å². The zero-order valence-corrected chi connectivity index (χ0v) is 17.8. The molecule has 0 aromatic heterocycles. The van der Waals surface area contributed by atoms with E-state index in [2.05, 4.69) is 19.6 Å². The topological polar surface area (TPSA) is 55.8 Å². The first-order valence-electron chi connectivity index (χ1n) is 9.55. The minimum atomic E-state index is -1.94. The molecule has 28 heavy (non-hydrogen) atoms. The van der Waals surface area contributed by atoms with Crippen molar-refractivity contribution in [3.63, 3.8) is 0 Å². The fraction of sp³-hybridized carbons (Fsp3) is 0.364. The highest BCUT2D eigenvalue weighted by Crippen LogP contribution is 2.35. The molecule has 1 heterocycles. The van der Waals surface area contributed by atoms with Crippen molar-refractivity contribution < 1.29 is 18.8 Å². The molecular formula is C22H27NO4Si. The number of carbonyl (C=O) groups is 2. The first-order valence-corrected chi connectivity index (χ1v) is 13.0. The van der Waals surface area contributed by atoms with Gasteiger partial charge in [0.1, 0.15) is 12.6 Å². The van der Waals surface area contributed by atoms with Crippen molar-refractivity contribution in [2.45, 2.75) is 38.7 Å². The lowest BCUT2D eigenvalue weighted by atomic mass is 9.95. The molecule has 2 aromatic rings. The van der Waals surface area contributed by atoms with Crippen molar-refractivity contribution in [1.82, 2.24) is 4.90 Å². The standard InChI is InChI=1S/C22H27NO4Si/c1-16(20(27-28(2,3)4)18-13-9-6-10-14-18)21(24)23-19(15-26-22(23)25)17-11-7-5-8-12-17/h5-14,16,19-20H,15H2,1-4H3/t16-,19+,20-/m1/s1. The summed E-state index contributed by atoms with van der Waals surface area (Å²) in [6.07, 6.45) is -1.00. The second kappa shape index (κ2) is 8.28. The van der Waals surface area contributed by atoms with Gasteiger partial charge in [-0.05, 0) is 30.8 Å². The van der Waals surface area contributed by atoms with Crippen LogP contribution in [0.4, 0.5) is 4.79 Å². The average molecular weight is 398 g/mol. The minimum Gasteiger partial charge on any atom is -0.446 e. The van der Waals surface area contributed by atoms with Gasteiger partial charge in [-0.3, -0.25) is 4.79 Å². The number of carbonyl (C=O) groups excluding carboxylic acids is 2. The number of nitrogens with zero attached hydrogens (tertiary/aromatic N) is 1. The Bertz CT molecular complexity index is 819. The van der Waals surface area contributed by atoms with Crippen LogP contribution in [0.5, 0.6) is 0 Å². The molecule has 6 heteroatoms. The van der Waals surface area contributed by atoms with Gasteiger partial charge in [-0.2, -0.15) is 0 Å². The molecule has 3 atom stereocenters. The molecule has 2 aromatic carbocycles. The minimum absolute atomic E-state index is 0.173. The summed E-state index contributed by atoms with van der Waals surface area (Å²) in [5.41, 5.74) is 1.82. The van der Waals surface area contributed by atoms with Crippen LogP contribution in [0, 0.1) is 5.92 Å². The van der Waals surface area contributed by atoms with Gasteiger partial charge in [0.2, 0.25) is 5.91 Å². The predicted molar refractivity (Wildman–Crippen MR) is 110 cm³/mol. The number of ether oxygens (including phenoxy) is 1. The Morgan fingerprint density at radius 1 is 1.07 bits per heavy atom. The fourth-order valence-electron chi connectivity index (χ4n) is 3.42. The maximum Gasteiger partial charge on any atom is 0.417 e. The summed E-state index contributed by atoms with van der Waals surface area (Å²) in [6.45, 7) is 8.28. The third-order valence-electron chi connectivity index (χ3n) is 4.75. The van der Waals surface area contributed by atoms with Crippen molar-refractivity contribution >= 4 is 20.3 Å². The highest BCUT2D eigenvalue weighted by Gasteiger charge is 2.43. The van der Waals surface area contributed by atoms with Crippen LogP contribution in [-0.4, -0.2) is 31.8 Å². The lowest BCUT2D eigenvalue weighted by molar-refractivity contribution is -0.136. The van der Waals surface area contributed by atoms with E-state index in [-0.39, 0.29) is 12.5 Å². The Balaban J connectivity index is 1.90. The van der Waals surface area contributed by atoms with Crippen LogP contribution in [0.3, 0.4) is 0 Å². The summed E-state index contributed by atoms with van der Waals surface area (Å²) < 4.78 is 11.6. The molecular weight excluding hydrogens is 370 g/mol. The number of amides is 2. The molecule has 0 bridgehead atoms. The molecule has 148 valence electrons. The highest BCUT2D eigenvalue weighted by molar-refractivity contribution is 6.69. The van der Waals surface area contributed by atoms with Gasteiger partial charge in [-0.1, -0.05) is 67.6 Å². The van der Waals surface area contributed by atoms with Gasteiger partial charge < -0.3 is 9.16 Å². The molecule has 1 fully saturated rings. The monoisotopic (exact) mass is 397 g/mol. The molecule has 0 spiro atoms. The number of hydrogen-bond acceptors (Lipinski definition) is 4. The van der Waals surface area contributed by atoms with E-state index in [1.54, 1.807) is 0 Å². The average Bonchev–Trinajstić information content (AvgIpc) is 3.07. The molecule has 0 N–H and O–H groups in total. The van der Waals surface area contributed by atoms with Crippen LogP contribution in [0.2, 0.25) is 19.6 Å². The summed E-state index contributed by atoms with van der Waals surface area (Å²) in [5, 5.41) is 0. The number of rotatable bonds is 6. The first-order chi connectivity index (χ1) is 13.3. The predicted octanol–water partition coefficient (Wildman–Crippen LogP) is 4.94. The van der Waals surface area contributed by atoms with E-state index in [0.717, 1.165) is 11.1 Å². The lowest BCUT2D eigenvalue weighted by Gasteiger charge is -2.32. The third kappa shape index (κ3) is 4.51. The SMILES string of the molecule is C[C@@H](C(=O)N1C(=O)OC[C@H]1c1ccccc1)[C@@H](O[Si](C)(C)C)c1ccccc1. The number of imide groups is 1. The van der Waals surface area contributed by atoms with E-state index in [0.29, 0.717) is 0 Å². The number of cyclic esters (lactones) is 1. The van der Waals surface area contributed by atoms with Crippen molar-refractivity contribution in [3.8, 4) is 0 Å². The zero-order valence-electron chi connectivity index (χ0n) is 16.8. The Labute approximate surface area is 167 Å². The molecule has 1 saturated heterocycles. The van der Waals surface area contributed by atoms with Gasteiger partial charge in [-0.25, -0.2) is 9.69 Å². The molecule has 5 nitrogen and oxygen atoms in total. The van der Waals surface area contributed by atoms with Crippen LogP contribution >= 0.6 is 0 Å². The Morgan fingerprint density at radius 3 is 2.21 bits per heavy atom. The highest BCUT2D eigenvalue weighted by atomic mass is 28.4. The van der Waals surface area contributed by atoms with E-state index < -0.39 is 32.5 Å². The summed E-state index contributed by atoms with van der Waals surface area (Å²) in [5.74, 6) is -0.797. The van der Waals surface area contributed by atoms with Crippen molar-refractivity contribution in [2.24, 2.45) is 5.92 Å². The molecule has 0 saturated carbocycles. The number of benzene rings is 2. The van der Waals surface area contributed by atoms with Crippen LogP contribution in [0.15, 0.2) is 60.7 Å². The maximum atomic E-state index is 13.4. The van der Waals surface area contributed by atoms with E-state index in [9.17, 15) is 9.59 Å². The normalized spacial score (nSPS) is 19.2. The molecule has 1 aliphatic rings. The second-order valence-electron chi connectivity index (χ2n) is 8.06. The quantitative estimate of drug-likeness (QED) is 0.648. The molecule has 1 aliphatic heterocycles. The second-order valence-corrected chi connectivity index (χ2v) is 12.5. The van der Waals surface area contributed by atoms with Crippen molar-refractivity contribution in [3.05, 3.63) is 71.8 Å².